The molecule has 24 heavy (non-hydrogen) atoms. The van der Waals surface area contributed by atoms with Crippen molar-refractivity contribution in [3.05, 3.63) is 46.7 Å². The number of hydrogen-bond acceptors (Lipinski definition) is 6. The molecule has 0 saturated carbocycles. The standard InChI is InChI=1S/C15H18N2O5S2/c1-15(19,13-4-3-9-23-13)10-16-24(20,21)12-7-5-11(6-8-12)17-14(18)22-2/h3-9,16,19H,10H2,1-2H3,(H,17,18). The minimum Gasteiger partial charge on any atom is -0.453 e. The molecule has 0 saturated heterocycles. The summed E-state index contributed by atoms with van der Waals surface area (Å²) in [6.45, 7) is 1.39. The predicted octanol–water partition coefficient (Wildman–Crippen LogP) is 2.11. The first kappa shape index (κ1) is 18.4. The van der Waals surface area contributed by atoms with Gasteiger partial charge in [-0.05, 0) is 42.6 Å². The Balaban J connectivity index is 2.06. The maximum absolute atomic E-state index is 12.3. The highest BCUT2D eigenvalue weighted by atomic mass is 32.2. The fourth-order valence-electron chi connectivity index (χ4n) is 1.88. The van der Waals surface area contributed by atoms with Crippen molar-refractivity contribution < 1.29 is 23.1 Å². The summed E-state index contributed by atoms with van der Waals surface area (Å²) in [6.07, 6.45) is -0.643. The van der Waals surface area contributed by atoms with Crippen LogP contribution in [-0.2, 0) is 20.4 Å². The average molecular weight is 370 g/mol. The van der Waals surface area contributed by atoms with Crippen LogP contribution >= 0.6 is 11.3 Å². The van der Waals surface area contributed by atoms with Gasteiger partial charge in [0, 0.05) is 17.1 Å². The van der Waals surface area contributed by atoms with E-state index >= 15 is 0 Å². The second kappa shape index (κ2) is 7.31. The Hall–Kier alpha value is -1.94. The fraction of sp³-hybridized carbons (Fsp3) is 0.267. The normalized spacial score (nSPS) is 14.0. The Kier molecular flexibility index (Phi) is 5.60. The number of amides is 1. The molecule has 7 nitrogen and oxygen atoms in total. The van der Waals surface area contributed by atoms with Crippen molar-refractivity contribution in [3.8, 4) is 0 Å². The Morgan fingerprint density at radius 2 is 1.96 bits per heavy atom. The van der Waals surface area contributed by atoms with Crippen LogP contribution in [0.3, 0.4) is 0 Å². The van der Waals surface area contributed by atoms with Gasteiger partial charge < -0.3 is 9.84 Å². The zero-order valence-corrected chi connectivity index (χ0v) is 14.8. The van der Waals surface area contributed by atoms with Crippen molar-refractivity contribution >= 4 is 33.1 Å². The van der Waals surface area contributed by atoms with E-state index in [9.17, 15) is 18.3 Å². The number of thiophene rings is 1. The van der Waals surface area contributed by atoms with Crippen LogP contribution in [0.15, 0.2) is 46.7 Å². The van der Waals surface area contributed by atoms with Crippen LogP contribution in [0.1, 0.15) is 11.8 Å². The van der Waals surface area contributed by atoms with E-state index in [-0.39, 0.29) is 11.4 Å². The van der Waals surface area contributed by atoms with Gasteiger partial charge in [0.05, 0.1) is 12.0 Å². The molecule has 1 aromatic carbocycles. The van der Waals surface area contributed by atoms with Gasteiger partial charge in [-0.2, -0.15) is 0 Å². The van der Waals surface area contributed by atoms with Gasteiger partial charge >= 0.3 is 6.09 Å². The van der Waals surface area contributed by atoms with E-state index in [4.69, 9.17) is 0 Å². The van der Waals surface area contributed by atoms with E-state index in [1.807, 2.05) is 5.38 Å². The third-order valence-corrected chi connectivity index (χ3v) is 5.79. The molecule has 3 N–H and O–H groups in total. The molecule has 0 spiro atoms. The number of carbonyl (C=O) groups excluding carboxylic acids is 1. The van der Waals surface area contributed by atoms with Gasteiger partial charge in [-0.3, -0.25) is 5.32 Å². The topological polar surface area (TPSA) is 105 Å². The van der Waals surface area contributed by atoms with E-state index in [0.29, 0.717) is 10.6 Å². The molecule has 0 aliphatic heterocycles. The van der Waals surface area contributed by atoms with E-state index in [0.717, 1.165) is 0 Å². The number of carbonyl (C=O) groups is 1. The fourth-order valence-corrected chi connectivity index (χ4v) is 3.80. The second-order valence-electron chi connectivity index (χ2n) is 5.22. The number of aliphatic hydroxyl groups is 1. The minimum atomic E-state index is -3.78. The lowest BCUT2D eigenvalue weighted by Crippen LogP contribution is -2.38. The molecule has 2 aromatic rings. The zero-order valence-electron chi connectivity index (χ0n) is 13.1. The van der Waals surface area contributed by atoms with Gasteiger partial charge in [0.2, 0.25) is 10.0 Å². The molecular formula is C15H18N2O5S2. The number of benzene rings is 1. The van der Waals surface area contributed by atoms with Crippen molar-refractivity contribution in [1.82, 2.24) is 4.72 Å². The molecule has 130 valence electrons. The largest absolute Gasteiger partial charge is 0.453 e. The molecule has 0 aliphatic rings. The predicted molar refractivity (Wildman–Crippen MR) is 91.5 cm³/mol. The molecule has 0 bridgehead atoms. The van der Waals surface area contributed by atoms with E-state index in [2.05, 4.69) is 14.8 Å². The van der Waals surface area contributed by atoms with Gasteiger partial charge in [-0.15, -0.1) is 11.3 Å². The maximum atomic E-state index is 12.3. The number of rotatable bonds is 6. The number of sulfonamides is 1. The van der Waals surface area contributed by atoms with Crippen molar-refractivity contribution in [3.63, 3.8) is 0 Å². The van der Waals surface area contributed by atoms with Gasteiger partial charge in [0.15, 0.2) is 0 Å². The minimum absolute atomic E-state index is 0.0277. The van der Waals surface area contributed by atoms with E-state index in [1.165, 1.54) is 42.7 Å². The first-order valence-corrected chi connectivity index (χ1v) is 9.32. The Labute approximate surface area is 144 Å². The van der Waals surface area contributed by atoms with Crippen molar-refractivity contribution in [2.75, 3.05) is 19.0 Å². The van der Waals surface area contributed by atoms with Gasteiger partial charge in [-0.25, -0.2) is 17.9 Å². The van der Waals surface area contributed by atoms with Crippen molar-refractivity contribution in [2.45, 2.75) is 17.4 Å². The van der Waals surface area contributed by atoms with Gasteiger partial charge in [0.25, 0.3) is 0 Å². The van der Waals surface area contributed by atoms with Gasteiger partial charge in [-0.1, -0.05) is 6.07 Å². The third-order valence-electron chi connectivity index (χ3n) is 3.25. The summed E-state index contributed by atoms with van der Waals surface area (Å²) in [5.41, 5.74) is -0.889. The number of methoxy groups -OCH3 is 1. The molecular weight excluding hydrogens is 352 g/mol. The SMILES string of the molecule is COC(=O)Nc1ccc(S(=O)(=O)NCC(C)(O)c2cccs2)cc1. The average Bonchev–Trinajstić information content (AvgIpc) is 3.09. The molecule has 1 aromatic heterocycles. The summed E-state index contributed by atoms with van der Waals surface area (Å²) in [5.74, 6) is 0. The molecule has 1 heterocycles. The first-order valence-electron chi connectivity index (χ1n) is 6.96. The summed E-state index contributed by atoms with van der Waals surface area (Å²) >= 11 is 1.35. The molecule has 0 fully saturated rings. The highest BCUT2D eigenvalue weighted by molar-refractivity contribution is 7.89. The quantitative estimate of drug-likeness (QED) is 0.722. The number of hydrogen-bond donors (Lipinski definition) is 3. The summed E-state index contributed by atoms with van der Waals surface area (Å²) < 4.78 is 31.5. The summed E-state index contributed by atoms with van der Waals surface area (Å²) in [7, 11) is -2.55. The van der Waals surface area contributed by atoms with Crippen LogP contribution in [0.2, 0.25) is 0 Å². The lowest BCUT2D eigenvalue weighted by Gasteiger charge is -2.22. The van der Waals surface area contributed by atoms with Gasteiger partial charge in [0.1, 0.15) is 5.60 Å². The molecule has 2 rings (SSSR count). The smallest absolute Gasteiger partial charge is 0.411 e. The molecule has 0 aliphatic carbocycles. The lowest BCUT2D eigenvalue weighted by atomic mass is 10.1. The molecule has 1 atom stereocenters. The second-order valence-corrected chi connectivity index (χ2v) is 7.93. The third kappa shape index (κ3) is 4.54. The zero-order chi connectivity index (χ0) is 17.8. The Morgan fingerprint density at radius 1 is 1.29 bits per heavy atom. The van der Waals surface area contributed by atoms with Crippen LogP contribution in [0, 0.1) is 0 Å². The number of ether oxygens (including phenoxy) is 1. The van der Waals surface area contributed by atoms with Crippen LogP contribution in [-0.4, -0.2) is 33.3 Å². The first-order chi connectivity index (χ1) is 11.2. The highest BCUT2D eigenvalue weighted by Gasteiger charge is 2.27. The molecule has 1 unspecified atom stereocenters. The molecule has 9 heteroatoms. The lowest BCUT2D eigenvalue weighted by molar-refractivity contribution is 0.0666. The van der Waals surface area contributed by atoms with Crippen molar-refractivity contribution in [1.29, 1.82) is 0 Å². The summed E-state index contributed by atoms with van der Waals surface area (Å²) in [5, 5.41) is 14.6. The Bertz CT molecular complexity index is 784. The van der Waals surface area contributed by atoms with E-state index in [1.54, 1.807) is 19.1 Å². The number of anilines is 1. The highest BCUT2D eigenvalue weighted by Crippen LogP contribution is 2.25. The van der Waals surface area contributed by atoms with E-state index < -0.39 is 21.7 Å². The number of nitrogens with one attached hydrogen (secondary N) is 2. The van der Waals surface area contributed by atoms with Crippen LogP contribution in [0.4, 0.5) is 10.5 Å². The molecule has 0 radical (unpaired) electrons. The van der Waals surface area contributed by atoms with Crippen LogP contribution in [0.5, 0.6) is 0 Å². The van der Waals surface area contributed by atoms with Crippen LogP contribution in [0.25, 0.3) is 0 Å². The van der Waals surface area contributed by atoms with Crippen molar-refractivity contribution in [2.24, 2.45) is 0 Å². The van der Waals surface area contributed by atoms with Crippen LogP contribution < -0.4 is 10.0 Å². The monoisotopic (exact) mass is 370 g/mol. The Morgan fingerprint density at radius 3 is 2.50 bits per heavy atom. The summed E-state index contributed by atoms with van der Waals surface area (Å²) in [6, 6.07) is 9.13. The maximum Gasteiger partial charge on any atom is 0.411 e. The summed E-state index contributed by atoms with van der Waals surface area (Å²) in [4.78, 5) is 11.8. The molecule has 1 amide bonds.